The van der Waals surface area contributed by atoms with Gasteiger partial charge < -0.3 is 4.52 Å². The highest BCUT2D eigenvalue weighted by atomic mass is 16.5. The predicted molar refractivity (Wildman–Crippen MR) is 64.4 cm³/mol. The Kier molecular flexibility index (Phi) is 3.02. The van der Waals surface area contributed by atoms with Gasteiger partial charge >= 0.3 is 0 Å². The highest BCUT2D eigenvalue weighted by Gasteiger charge is 2.22. The molecule has 1 aliphatic heterocycles. The van der Waals surface area contributed by atoms with Crippen LogP contribution in [0.1, 0.15) is 25.7 Å². The Labute approximate surface area is 105 Å². The summed E-state index contributed by atoms with van der Waals surface area (Å²) in [5.74, 6) is 1.15. The van der Waals surface area contributed by atoms with Crippen LogP contribution in [0.2, 0.25) is 0 Å². The molecule has 2 aromatic heterocycles. The molecule has 94 valence electrons. The van der Waals surface area contributed by atoms with Gasteiger partial charge in [-0.3, -0.25) is 9.88 Å². The minimum Gasteiger partial charge on any atom is -0.337 e. The smallest absolute Gasteiger partial charge is 0.241 e. The zero-order valence-corrected chi connectivity index (χ0v) is 10.3. The maximum Gasteiger partial charge on any atom is 0.241 e. The van der Waals surface area contributed by atoms with Crippen molar-refractivity contribution >= 4 is 0 Å². The van der Waals surface area contributed by atoms with Crippen LogP contribution in [-0.4, -0.2) is 37.6 Å². The van der Waals surface area contributed by atoms with E-state index in [1.54, 1.807) is 18.6 Å². The summed E-state index contributed by atoms with van der Waals surface area (Å²) in [7, 11) is 0. The molecular weight excluding hydrogens is 230 g/mol. The van der Waals surface area contributed by atoms with Gasteiger partial charge in [-0.1, -0.05) is 5.16 Å². The molecule has 18 heavy (non-hydrogen) atoms. The van der Waals surface area contributed by atoms with Gasteiger partial charge in [0.15, 0.2) is 0 Å². The van der Waals surface area contributed by atoms with E-state index in [4.69, 9.17) is 4.52 Å². The van der Waals surface area contributed by atoms with Crippen molar-refractivity contribution in [3.8, 4) is 11.5 Å². The summed E-state index contributed by atoms with van der Waals surface area (Å²) in [6.07, 6.45) is 7.36. The standard InChI is InChI=1S/C12H15N5O/c1-9-3-2-6-17(9)8-11-15-12(16-18-11)10-7-13-4-5-14-10/h4-5,7,9H,2-3,6,8H2,1H3. The maximum absolute atomic E-state index is 5.26. The Balaban J connectivity index is 1.74. The third kappa shape index (κ3) is 2.24. The van der Waals surface area contributed by atoms with Crippen LogP contribution in [0.4, 0.5) is 0 Å². The van der Waals surface area contributed by atoms with E-state index in [1.165, 1.54) is 12.8 Å². The van der Waals surface area contributed by atoms with Crippen molar-refractivity contribution in [2.45, 2.75) is 32.4 Å². The molecule has 1 aliphatic rings. The summed E-state index contributed by atoms with van der Waals surface area (Å²) in [6, 6.07) is 0.594. The summed E-state index contributed by atoms with van der Waals surface area (Å²) in [5, 5.41) is 3.94. The average Bonchev–Trinajstić information content (AvgIpc) is 3.02. The largest absolute Gasteiger partial charge is 0.337 e. The third-order valence-corrected chi connectivity index (χ3v) is 3.29. The average molecular weight is 245 g/mol. The molecule has 0 bridgehead atoms. The summed E-state index contributed by atoms with van der Waals surface area (Å²) >= 11 is 0. The van der Waals surface area contributed by atoms with Gasteiger partial charge in [0.05, 0.1) is 12.7 Å². The van der Waals surface area contributed by atoms with Crippen molar-refractivity contribution in [3.05, 3.63) is 24.5 Å². The van der Waals surface area contributed by atoms with Crippen molar-refractivity contribution in [3.63, 3.8) is 0 Å². The lowest BCUT2D eigenvalue weighted by molar-refractivity contribution is 0.221. The van der Waals surface area contributed by atoms with Crippen LogP contribution in [0.5, 0.6) is 0 Å². The lowest BCUT2D eigenvalue weighted by Crippen LogP contribution is -2.26. The second-order valence-corrected chi connectivity index (χ2v) is 4.56. The summed E-state index contributed by atoms with van der Waals surface area (Å²) in [5.41, 5.74) is 0.641. The molecule has 0 radical (unpaired) electrons. The van der Waals surface area contributed by atoms with E-state index < -0.39 is 0 Å². The van der Waals surface area contributed by atoms with Crippen molar-refractivity contribution < 1.29 is 4.52 Å². The van der Waals surface area contributed by atoms with Gasteiger partial charge in [0.2, 0.25) is 11.7 Å². The Bertz CT molecular complexity index is 512. The zero-order chi connectivity index (χ0) is 12.4. The second kappa shape index (κ2) is 4.81. The Morgan fingerprint density at radius 1 is 1.44 bits per heavy atom. The van der Waals surface area contributed by atoms with Crippen LogP contribution in [-0.2, 0) is 6.54 Å². The molecule has 0 amide bonds. The molecule has 3 heterocycles. The Morgan fingerprint density at radius 3 is 3.11 bits per heavy atom. The van der Waals surface area contributed by atoms with E-state index in [0.29, 0.717) is 30.0 Å². The topological polar surface area (TPSA) is 67.9 Å². The molecular formula is C12H15N5O. The van der Waals surface area contributed by atoms with Crippen LogP contribution < -0.4 is 0 Å². The fourth-order valence-corrected chi connectivity index (χ4v) is 2.24. The van der Waals surface area contributed by atoms with E-state index in [2.05, 4.69) is 31.9 Å². The van der Waals surface area contributed by atoms with Crippen LogP contribution in [0.3, 0.4) is 0 Å². The number of aromatic nitrogens is 4. The first-order chi connectivity index (χ1) is 8.83. The normalized spacial score (nSPS) is 20.4. The Hall–Kier alpha value is -1.82. The van der Waals surface area contributed by atoms with Crippen LogP contribution >= 0.6 is 0 Å². The lowest BCUT2D eigenvalue weighted by Gasteiger charge is -2.17. The van der Waals surface area contributed by atoms with Gasteiger partial charge in [0.1, 0.15) is 5.69 Å². The van der Waals surface area contributed by atoms with E-state index >= 15 is 0 Å². The molecule has 1 saturated heterocycles. The number of nitrogens with zero attached hydrogens (tertiary/aromatic N) is 5. The van der Waals surface area contributed by atoms with Crippen molar-refractivity contribution in [2.24, 2.45) is 0 Å². The summed E-state index contributed by atoms with van der Waals surface area (Å²) < 4.78 is 5.26. The molecule has 6 nitrogen and oxygen atoms in total. The van der Waals surface area contributed by atoms with Crippen LogP contribution in [0.15, 0.2) is 23.1 Å². The van der Waals surface area contributed by atoms with Crippen molar-refractivity contribution in [2.75, 3.05) is 6.54 Å². The number of hydrogen-bond donors (Lipinski definition) is 0. The molecule has 2 aromatic rings. The minimum absolute atomic E-state index is 0.505. The van der Waals surface area contributed by atoms with Crippen LogP contribution in [0, 0.1) is 0 Å². The number of hydrogen-bond acceptors (Lipinski definition) is 6. The number of likely N-dealkylation sites (tertiary alicyclic amines) is 1. The monoisotopic (exact) mass is 245 g/mol. The van der Waals surface area contributed by atoms with Gasteiger partial charge in [-0.15, -0.1) is 0 Å². The minimum atomic E-state index is 0.505. The lowest BCUT2D eigenvalue weighted by atomic mass is 10.2. The van der Waals surface area contributed by atoms with Crippen LogP contribution in [0.25, 0.3) is 11.5 Å². The van der Waals surface area contributed by atoms with Gasteiger partial charge in [0.25, 0.3) is 0 Å². The fraction of sp³-hybridized carbons (Fsp3) is 0.500. The molecule has 0 spiro atoms. The molecule has 3 rings (SSSR count). The molecule has 0 aromatic carbocycles. The van der Waals surface area contributed by atoms with E-state index in [0.717, 1.165) is 6.54 Å². The zero-order valence-electron chi connectivity index (χ0n) is 10.3. The summed E-state index contributed by atoms with van der Waals surface area (Å²) in [4.78, 5) is 14.9. The number of rotatable bonds is 3. The SMILES string of the molecule is CC1CCCN1Cc1nc(-c2cnccn2)no1. The molecule has 1 fully saturated rings. The first kappa shape index (κ1) is 11.3. The Morgan fingerprint density at radius 2 is 2.39 bits per heavy atom. The van der Waals surface area contributed by atoms with E-state index in [9.17, 15) is 0 Å². The highest BCUT2D eigenvalue weighted by molar-refractivity contribution is 5.45. The van der Waals surface area contributed by atoms with Crippen molar-refractivity contribution in [1.82, 2.24) is 25.0 Å². The third-order valence-electron chi connectivity index (χ3n) is 3.29. The summed E-state index contributed by atoms with van der Waals surface area (Å²) in [6.45, 7) is 4.05. The fourth-order valence-electron chi connectivity index (χ4n) is 2.24. The molecule has 0 N–H and O–H groups in total. The molecule has 1 atom stereocenters. The molecule has 1 unspecified atom stereocenters. The second-order valence-electron chi connectivity index (χ2n) is 4.56. The van der Waals surface area contributed by atoms with Gasteiger partial charge in [0, 0.05) is 18.4 Å². The van der Waals surface area contributed by atoms with E-state index in [-0.39, 0.29) is 0 Å². The molecule has 0 saturated carbocycles. The van der Waals surface area contributed by atoms with E-state index in [1.807, 2.05) is 0 Å². The van der Waals surface area contributed by atoms with Gasteiger partial charge in [-0.25, -0.2) is 4.98 Å². The van der Waals surface area contributed by atoms with Crippen molar-refractivity contribution in [1.29, 1.82) is 0 Å². The molecule has 0 aliphatic carbocycles. The first-order valence-corrected chi connectivity index (χ1v) is 6.16. The molecule has 6 heteroatoms. The maximum atomic E-state index is 5.26. The van der Waals surface area contributed by atoms with Gasteiger partial charge in [-0.2, -0.15) is 4.98 Å². The van der Waals surface area contributed by atoms with Gasteiger partial charge in [-0.05, 0) is 26.3 Å². The highest BCUT2D eigenvalue weighted by Crippen LogP contribution is 2.19. The quantitative estimate of drug-likeness (QED) is 0.816. The predicted octanol–water partition coefficient (Wildman–Crippen LogP) is 1.51. The first-order valence-electron chi connectivity index (χ1n) is 6.16.